The fourth-order valence-corrected chi connectivity index (χ4v) is 3.63. The van der Waals surface area contributed by atoms with E-state index >= 15 is 0 Å². The van der Waals surface area contributed by atoms with Crippen molar-refractivity contribution in [2.24, 2.45) is 0 Å². The molecule has 0 bridgehead atoms. The number of fused-ring (bicyclic) bond motifs is 1. The number of carbonyl (C=O) groups excluding carboxylic acids is 3. The van der Waals surface area contributed by atoms with Gasteiger partial charge in [0.05, 0.1) is 29.6 Å². The van der Waals surface area contributed by atoms with E-state index in [1.54, 1.807) is 29.2 Å². The van der Waals surface area contributed by atoms with Crippen molar-refractivity contribution in [1.29, 1.82) is 5.41 Å². The van der Waals surface area contributed by atoms with Crippen molar-refractivity contribution in [3.05, 3.63) is 59.1 Å². The summed E-state index contributed by atoms with van der Waals surface area (Å²) in [6.07, 6.45) is 4.28. The van der Waals surface area contributed by atoms with E-state index in [9.17, 15) is 18.8 Å². The Hall–Kier alpha value is -3.29. The standard InChI is InChI=1S/C21H21FN4O3/c22-9-13(12-26-19(27)15-3-1-2-4-16(15)20(26)28)10-24-11-17-18(23)7-8-25(21(17)29)14-5-6-14/h1-4,9,11,14,23-24H,5-8,10,12H2/b13-9-,17-11+,23-18?. The minimum atomic E-state index is -0.451. The number of hydrogen-bond acceptors (Lipinski definition) is 5. The van der Waals surface area contributed by atoms with Gasteiger partial charge in [0.25, 0.3) is 17.7 Å². The normalized spacial score (nSPS) is 21.3. The number of amides is 3. The predicted molar refractivity (Wildman–Crippen MR) is 104 cm³/mol. The highest BCUT2D eigenvalue weighted by Gasteiger charge is 2.38. The van der Waals surface area contributed by atoms with Crippen molar-refractivity contribution in [1.82, 2.24) is 15.1 Å². The number of nitrogens with one attached hydrogen (secondary N) is 2. The Morgan fingerprint density at radius 1 is 1.14 bits per heavy atom. The highest BCUT2D eigenvalue weighted by atomic mass is 19.1. The first-order valence-electron chi connectivity index (χ1n) is 9.57. The van der Waals surface area contributed by atoms with Crippen LogP contribution in [0, 0.1) is 5.41 Å². The molecule has 1 aliphatic carbocycles. The van der Waals surface area contributed by atoms with Crippen molar-refractivity contribution < 1.29 is 18.8 Å². The average Bonchev–Trinajstić information content (AvgIpc) is 3.53. The van der Waals surface area contributed by atoms with Gasteiger partial charge in [0.15, 0.2) is 0 Å². The Kier molecular flexibility index (Phi) is 5.00. The van der Waals surface area contributed by atoms with Gasteiger partial charge < -0.3 is 15.6 Å². The summed E-state index contributed by atoms with van der Waals surface area (Å²) in [5, 5.41) is 10.9. The molecule has 8 heteroatoms. The van der Waals surface area contributed by atoms with Gasteiger partial charge in [-0.1, -0.05) is 12.1 Å². The summed E-state index contributed by atoms with van der Waals surface area (Å²) in [6.45, 7) is 0.394. The minimum absolute atomic E-state index is 0.0113. The molecule has 2 aliphatic heterocycles. The molecule has 7 nitrogen and oxygen atoms in total. The molecule has 2 N–H and O–H groups in total. The largest absolute Gasteiger partial charge is 0.386 e. The fraction of sp³-hybridized carbons (Fsp3) is 0.333. The van der Waals surface area contributed by atoms with Crippen LogP contribution in [0.1, 0.15) is 40.0 Å². The van der Waals surface area contributed by atoms with E-state index in [4.69, 9.17) is 5.41 Å². The second-order valence-corrected chi connectivity index (χ2v) is 7.41. The van der Waals surface area contributed by atoms with Crippen molar-refractivity contribution >= 4 is 23.4 Å². The zero-order chi connectivity index (χ0) is 20.5. The second-order valence-electron chi connectivity index (χ2n) is 7.41. The quantitative estimate of drug-likeness (QED) is 0.568. The maximum Gasteiger partial charge on any atom is 0.261 e. The molecule has 3 amide bonds. The molecule has 2 heterocycles. The molecule has 0 radical (unpaired) electrons. The maximum absolute atomic E-state index is 13.4. The third-order valence-electron chi connectivity index (χ3n) is 5.38. The first kappa shape index (κ1) is 19.0. The predicted octanol–water partition coefficient (Wildman–Crippen LogP) is 2.02. The van der Waals surface area contributed by atoms with Gasteiger partial charge in [-0.3, -0.25) is 19.3 Å². The number of hydrogen-bond donors (Lipinski definition) is 2. The van der Waals surface area contributed by atoms with Gasteiger partial charge >= 0.3 is 0 Å². The fourth-order valence-electron chi connectivity index (χ4n) is 3.63. The summed E-state index contributed by atoms with van der Waals surface area (Å²) in [5.74, 6) is -1.08. The molecule has 1 aromatic carbocycles. The van der Waals surface area contributed by atoms with Crippen LogP contribution in [-0.2, 0) is 4.79 Å². The van der Waals surface area contributed by atoms with E-state index in [-0.39, 0.29) is 41.9 Å². The third-order valence-corrected chi connectivity index (χ3v) is 5.38. The zero-order valence-electron chi connectivity index (χ0n) is 15.8. The number of rotatable bonds is 6. The smallest absolute Gasteiger partial charge is 0.261 e. The lowest BCUT2D eigenvalue weighted by Gasteiger charge is -2.29. The summed E-state index contributed by atoms with van der Waals surface area (Å²) >= 11 is 0. The summed E-state index contributed by atoms with van der Waals surface area (Å²) in [6, 6.07) is 6.77. The molecule has 0 spiro atoms. The summed E-state index contributed by atoms with van der Waals surface area (Å²) in [4.78, 5) is 40.2. The van der Waals surface area contributed by atoms with Gasteiger partial charge in [0, 0.05) is 37.5 Å². The number of carbonyl (C=O) groups is 3. The Labute approximate surface area is 167 Å². The Morgan fingerprint density at radius 2 is 1.79 bits per heavy atom. The average molecular weight is 396 g/mol. The lowest BCUT2D eigenvalue weighted by atomic mass is 10.0. The summed E-state index contributed by atoms with van der Waals surface area (Å²) in [7, 11) is 0. The van der Waals surface area contributed by atoms with E-state index in [2.05, 4.69) is 5.32 Å². The Morgan fingerprint density at radius 3 is 2.38 bits per heavy atom. The van der Waals surface area contributed by atoms with Crippen LogP contribution in [0.25, 0.3) is 0 Å². The molecule has 1 aromatic rings. The zero-order valence-corrected chi connectivity index (χ0v) is 15.8. The summed E-state index contributed by atoms with van der Waals surface area (Å²) < 4.78 is 13.4. The van der Waals surface area contributed by atoms with E-state index in [0.29, 0.717) is 30.4 Å². The number of halogens is 1. The molecule has 0 atom stereocenters. The molecular formula is C21H21FN4O3. The van der Waals surface area contributed by atoms with Crippen LogP contribution in [-0.4, -0.2) is 58.9 Å². The lowest BCUT2D eigenvalue weighted by Crippen LogP contribution is -2.42. The molecule has 3 aliphatic rings. The van der Waals surface area contributed by atoms with Gasteiger partial charge in [-0.2, -0.15) is 0 Å². The van der Waals surface area contributed by atoms with Gasteiger partial charge in [0.1, 0.15) is 0 Å². The Balaban J connectivity index is 1.39. The molecule has 0 unspecified atom stereocenters. The van der Waals surface area contributed by atoms with E-state index in [1.807, 2.05) is 0 Å². The summed E-state index contributed by atoms with van der Waals surface area (Å²) in [5.41, 5.74) is 1.34. The van der Waals surface area contributed by atoms with Gasteiger partial charge in [-0.05, 0) is 30.5 Å². The van der Waals surface area contributed by atoms with Crippen LogP contribution in [0.4, 0.5) is 4.39 Å². The van der Waals surface area contributed by atoms with Crippen molar-refractivity contribution in [2.75, 3.05) is 19.6 Å². The Bertz CT molecular complexity index is 929. The molecule has 0 aromatic heterocycles. The van der Waals surface area contributed by atoms with E-state index < -0.39 is 11.8 Å². The van der Waals surface area contributed by atoms with E-state index in [1.165, 1.54) is 6.20 Å². The molecule has 1 saturated heterocycles. The number of likely N-dealkylation sites (tertiary alicyclic amines) is 1. The SMILES string of the molecule is N=C1CCN(C2CC2)C(=O)/C1=C/NC/C(=C/F)CN1C(=O)c2ccccc2C1=O. The highest BCUT2D eigenvalue weighted by Crippen LogP contribution is 2.30. The molecule has 4 rings (SSSR count). The first-order chi connectivity index (χ1) is 14.0. The lowest BCUT2D eigenvalue weighted by molar-refractivity contribution is -0.127. The molecular weight excluding hydrogens is 375 g/mol. The molecule has 1 saturated carbocycles. The number of benzene rings is 1. The highest BCUT2D eigenvalue weighted by molar-refractivity contribution is 6.22. The topological polar surface area (TPSA) is 93.6 Å². The van der Waals surface area contributed by atoms with Crippen molar-refractivity contribution in [2.45, 2.75) is 25.3 Å². The molecule has 29 heavy (non-hydrogen) atoms. The maximum atomic E-state index is 13.4. The van der Waals surface area contributed by atoms with Crippen LogP contribution in [0.3, 0.4) is 0 Å². The second kappa shape index (κ2) is 7.62. The van der Waals surface area contributed by atoms with Gasteiger partial charge in [0.2, 0.25) is 0 Å². The van der Waals surface area contributed by atoms with Crippen molar-refractivity contribution in [3.63, 3.8) is 0 Å². The van der Waals surface area contributed by atoms with Crippen LogP contribution in [0.2, 0.25) is 0 Å². The van der Waals surface area contributed by atoms with Crippen molar-refractivity contribution in [3.8, 4) is 0 Å². The first-order valence-corrected chi connectivity index (χ1v) is 9.57. The number of piperidine rings is 1. The van der Waals surface area contributed by atoms with Gasteiger partial charge in [-0.15, -0.1) is 0 Å². The van der Waals surface area contributed by atoms with Crippen LogP contribution < -0.4 is 5.32 Å². The molecule has 150 valence electrons. The molecule has 2 fully saturated rings. The van der Waals surface area contributed by atoms with Crippen LogP contribution in [0.5, 0.6) is 0 Å². The number of nitrogens with zero attached hydrogens (tertiary/aromatic N) is 2. The van der Waals surface area contributed by atoms with E-state index in [0.717, 1.165) is 17.7 Å². The van der Waals surface area contributed by atoms with Gasteiger partial charge in [-0.25, -0.2) is 4.39 Å². The monoisotopic (exact) mass is 396 g/mol. The number of imide groups is 1. The third kappa shape index (κ3) is 3.57. The van der Waals surface area contributed by atoms with Crippen LogP contribution >= 0.6 is 0 Å². The minimum Gasteiger partial charge on any atom is -0.386 e. The van der Waals surface area contributed by atoms with Crippen LogP contribution in [0.15, 0.2) is 47.9 Å².